The zero-order valence-electron chi connectivity index (χ0n) is 13.9. The molecule has 1 aliphatic rings. The van der Waals surface area contributed by atoms with Gasteiger partial charge >= 0.3 is 5.69 Å². The van der Waals surface area contributed by atoms with Crippen LogP contribution >= 0.6 is 0 Å². The number of H-pyrrole nitrogens is 1. The van der Waals surface area contributed by atoms with E-state index in [0.717, 1.165) is 4.57 Å². The first kappa shape index (κ1) is 15.3. The van der Waals surface area contributed by atoms with Gasteiger partial charge in [-0.25, -0.2) is 4.79 Å². The summed E-state index contributed by atoms with van der Waals surface area (Å²) in [5, 5.41) is 17.0. The lowest BCUT2D eigenvalue weighted by Gasteiger charge is -2.14. The zero-order valence-corrected chi connectivity index (χ0v) is 13.9. The van der Waals surface area contributed by atoms with E-state index in [1.807, 2.05) is 0 Å². The van der Waals surface area contributed by atoms with Gasteiger partial charge in [0.1, 0.15) is 16.9 Å². The Morgan fingerprint density at radius 2 is 1.92 bits per heavy atom. The largest absolute Gasteiger partial charge is 0.338 e. The maximum Gasteiger partial charge on any atom is 0.332 e. The third kappa shape index (κ3) is 2.05. The summed E-state index contributed by atoms with van der Waals surface area (Å²) in [5.41, 5.74) is -0.842. The van der Waals surface area contributed by atoms with Crippen molar-refractivity contribution < 1.29 is 4.79 Å². The zero-order chi connectivity index (χ0) is 17.9. The third-order valence-electron chi connectivity index (χ3n) is 4.74. The third-order valence-corrected chi connectivity index (χ3v) is 4.74. The van der Waals surface area contributed by atoms with E-state index in [1.54, 1.807) is 18.7 Å². The minimum Gasteiger partial charge on any atom is -0.338 e. The number of carbonyl (C=O) groups is 1. The van der Waals surface area contributed by atoms with E-state index < -0.39 is 16.8 Å². The van der Waals surface area contributed by atoms with Crippen molar-refractivity contribution in [2.75, 3.05) is 0 Å². The highest BCUT2D eigenvalue weighted by Crippen LogP contribution is 2.43. The van der Waals surface area contributed by atoms with Crippen LogP contribution in [0.3, 0.4) is 0 Å². The summed E-state index contributed by atoms with van der Waals surface area (Å²) >= 11 is 0. The molecule has 25 heavy (non-hydrogen) atoms. The van der Waals surface area contributed by atoms with Crippen molar-refractivity contribution in [2.24, 2.45) is 21.1 Å². The van der Waals surface area contributed by atoms with Crippen molar-refractivity contribution >= 4 is 16.9 Å². The number of aromatic amines is 1. The Labute approximate surface area is 140 Å². The molecular weight excluding hydrogens is 328 g/mol. The molecule has 1 saturated carbocycles. The van der Waals surface area contributed by atoms with Gasteiger partial charge < -0.3 is 9.88 Å². The average molecular weight is 344 g/mol. The number of nitrogens with zero attached hydrogens (tertiary/aromatic N) is 6. The molecule has 130 valence electrons. The molecule has 4 rings (SSSR count). The maximum absolute atomic E-state index is 12.8. The lowest BCUT2D eigenvalue weighted by atomic mass is 10.2. The Hall–Kier alpha value is -3.24. The van der Waals surface area contributed by atoms with Gasteiger partial charge in [0.15, 0.2) is 5.82 Å². The molecule has 0 atom stereocenters. The second kappa shape index (κ2) is 4.88. The molecule has 0 unspecified atom stereocenters. The van der Waals surface area contributed by atoms with Gasteiger partial charge in [0.2, 0.25) is 0 Å². The molecule has 0 aromatic carbocycles. The number of fused-ring (bicyclic) bond motifs is 1. The van der Waals surface area contributed by atoms with E-state index in [-0.39, 0.29) is 11.6 Å². The fraction of sp³-hybridized carbons (Fsp3) is 0.429. The number of nitrogens with one attached hydrogen (secondary N) is 2. The first-order chi connectivity index (χ1) is 11.9. The lowest BCUT2D eigenvalue weighted by Crippen LogP contribution is -2.37. The van der Waals surface area contributed by atoms with Crippen LogP contribution in [0.5, 0.6) is 0 Å². The van der Waals surface area contributed by atoms with Crippen LogP contribution in [0.2, 0.25) is 0 Å². The van der Waals surface area contributed by atoms with Crippen molar-refractivity contribution in [3.8, 4) is 0 Å². The number of rotatable bonds is 3. The first-order valence-electron chi connectivity index (χ1n) is 7.67. The predicted molar refractivity (Wildman–Crippen MR) is 86.0 cm³/mol. The molecule has 1 amide bonds. The van der Waals surface area contributed by atoms with E-state index in [4.69, 9.17) is 0 Å². The van der Waals surface area contributed by atoms with Crippen LogP contribution in [0, 0.1) is 0 Å². The van der Waals surface area contributed by atoms with Crippen molar-refractivity contribution in [3.05, 3.63) is 38.4 Å². The Balaban J connectivity index is 1.80. The van der Waals surface area contributed by atoms with Gasteiger partial charge in [-0.15, -0.1) is 10.2 Å². The molecular formula is C14H16N8O3. The summed E-state index contributed by atoms with van der Waals surface area (Å²) in [6.45, 7) is 0. The first-order valence-corrected chi connectivity index (χ1v) is 7.67. The SMILES string of the molecule is Cn1c(=O)c2cc(C(=O)NC3(c4nn[nH]n4)CC3)n(C)c2n(C)c1=O. The Kier molecular flexibility index (Phi) is 2.99. The summed E-state index contributed by atoms with van der Waals surface area (Å²) in [6, 6.07) is 1.50. The summed E-state index contributed by atoms with van der Waals surface area (Å²) in [4.78, 5) is 37.2. The minimum absolute atomic E-state index is 0.281. The number of aromatic nitrogens is 7. The van der Waals surface area contributed by atoms with Crippen molar-refractivity contribution in [3.63, 3.8) is 0 Å². The second-order valence-corrected chi connectivity index (χ2v) is 6.30. The summed E-state index contributed by atoms with van der Waals surface area (Å²) < 4.78 is 3.91. The molecule has 0 radical (unpaired) electrons. The molecule has 11 nitrogen and oxygen atoms in total. The van der Waals surface area contributed by atoms with Gasteiger partial charge in [-0.05, 0) is 18.9 Å². The highest BCUT2D eigenvalue weighted by atomic mass is 16.2. The summed E-state index contributed by atoms with van der Waals surface area (Å²) in [5.74, 6) is 0.0680. The maximum atomic E-state index is 12.8. The van der Waals surface area contributed by atoms with E-state index >= 15 is 0 Å². The number of carbonyl (C=O) groups excluding carboxylic acids is 1. The molecule has 0 aliphatic heterocycles. The molecule has 2 N–H and O–H groups in total. The van der Waals surface area contributed by atoms with Crippen LogP contribution in [-0.2, 0) is 26.7 Å². The highest BCUT2D eigenvalue weighted by molar-refractivity contribution is 5.98. The van der Waals surface area contributed by atoms with E-state index in [2.05, 4.69) is 25.9 Å². The standard InChI is InChI=1S/C14H16N8O3/c1-20-8(6-7-10(20)21(2)13(25)22(3)11(7)24)9(23)15-14(4-5-14)12-16-18-19-17-12/h6H,4-5H2,1-3H3,(H,15,23)(H,16,17,18,19). The van der Waals surface area contributed by atoms with Crippen LogP contribution in [0.15, 0.2) is 15.7 Å². The fourth-order valence-corrected chi connectivity index (χ4v) is 3.13. The highest BCUT2D eigenvalue weighted by Gasteiger charge is 2.50. The second-order valence-electron chi connectivity index (χ2n) is 6.30. The number of hydrogen-bond donors (Lipinski definition) is 2. The van der Waals surface area contributed by atoms with Crippen LogP contribution in [-0.4, -0.2) is 40.2 Å². The van der Waals surface area contributed by atoms with E-state index in [1.165, 1.54) is 17.7 Å². The van der Waals surface area contributed by atoms with Gasteiger partial charge in [0.25, 0.3) is 11.5 Å². The fourth-order valence-electron chi connectivity index (χ4n) is 3.13. The topological polar surface area (TPSA) is 132 Å². The number of aryl methyl sites for hydroxylation is 2. The van der Waals surface area contributed by atoms with Gasteiger partial charge in [-0.1, -0.05) is 5.21 Å². The molecule has 0 saturated heterocycles. The van der Waals surface area contributed by atoms with Crippen LogP contribution in [0.4, 0.5) is 0 Å². The monoisotopic (exact) mass is 344 g/mol. The van der Waals surface area contributed by atoms with Crippen molar-refractivity contribution in [1.82, 2.24) is 39.6 Å². The van der Waals surface area contributed by atoms with Gasteiger partial charge in [0.05, 0.1) is 5.39 Å². The lowest BCUT2D eigenvalue weighted by molar-refractivity contribution is 0.0920. The van der Waals surface area contributed by atoms with Crippen molar-refractivity contribution in [2.45, 2.75) is 18.4 Å². The molecule has 3 aromatic rings. The van der Waals surface area contributed by atoms with Crippen LogP contribution in [0.1, 0.15) is 29.2 Å². The summed E-state index contributed by atoms with van der Waals surface area (Å²) in [7, 11) is 4.61. The Morgan fingerprint density at radius 1 is 1.20 bits per heavy atom. The number of amides is 1. The molecule has 3 heterocycles. The number of hydrogen-bond acceptors (Lipinski definition) is 6. The molecule has 3 aromatic heterocycles. The predicted octanol–water partition coefficient (Wildman–Crippen LogP) is -1.49. The quantitative estimate of drug-likeness (QED) is 0.595. The van der Waals surface area contributed by atoms with Crippen molar-refractivity contribution in [1.29, 1.82) is 0 Å². The molecule has 0 bridgehead atoms. The average Bonchev–Trinajstić information content (AvgIpc) is 3.01. The number of tetrazole rings is 1. The minimum atomic E-state index is -0.628. The Bertz CT molecular complexity index is 1110. The van der Waals surface area contributed by atoms with E-state index in [9.17, 15) is 14.4 Å². The molecule has 0 spiro atoms. The molecule has 11 heteroatoms. The van der Waals surface area contributed by atoms with Crippen LogP contribution < -0.4 is 16.6 Å². The summed E-state index contributed by atoms with van der Waals surface area (Å²) in [6.07, 6.45) is 1.42. The Morgan fingerprint density at radius 3 is 2.52 bits per heavy atom. The normalized spacial score (nSPS) is 15.5. The van der Waals surface area contributed by atoms with Crippen LogP contribution in [0.25, 0.3) is 11.0 Å². The van der Waals surface area contributed by atoms with Gasteiger partial charge in [-0.2, -0.15) is 5.21 Å². The van der Waals surface area contributed by atoms with Gasteiger partial charge in [0, 0.05) is 21.1 Å². The molecule has 1 fully saturated rings. The van der Waals surface area contributed by atoms with E-state index in [0.29, 0.717) is 29.7 Å². The molecule has 1 aliphatic carbocycles. The van der Waals surface area contributed by atoms with Gasteiger partial charge in [-0.3, -0.25) is 18.7 Å². The smallest absolute Gasteiger partial charge is 0.332 e.